The van der Waals surface area contributed by atoms with Crippen molar-refractivity contribution in [1.29, 1.82) is 0 Å². The van der Waals surface area contributed by atoms with Gasteiger partial charge in [0.05, 0.1) is 6.61 Å². The summed E-state index contributed by atoms with van der Waals surface area (Å²) in [4.78, 5) is 18.9. The molecule has 126 valence electrons. The summed E-state index contributed by atoms with van der Waals surface area (Å²) in [6.07, 6.45) is 4.78. The number of hydrogen-bond acceptors (Lipinski definition) is 5. The predicted molar refractivity (Wildman–Crippen MR) is 88.7 cm³/mol. The Morgan fingerprint density at radius 2 is 2.30 bits per heavy atom. The molecule has 6 nitrogen and oxygen atoms in total. The third kappa shape index (κ3) is 5.04. The van der Waals surface area contributed by atoms with Crippen LogP contribution in [-0.2, 0) is 4.74 Å². The van der Waals surface area contributed by atoms with Gasteiger partial charge in [0.1, 0.15) is 12.2 Å². The molecular weight excluding hydrogens is 294 g/mol. The number of ether oxygens (including phenoxy) is 2. The van der Waals surface area contributed by atoms with Crippen LogP contribution in [0.3, 0.4) is 0 Å². The van der Waals surface area contributed by atoms with Crippen molar-refractivity contribution in [3.8, 4) is 5.88 Å². The maximum absolute atomic E-state index is 12.5. The van der Waals surface area contributed by atoms with Gasteiger partial charge in [-0.05, 0) is 38.1 Å². The summed E-state index contributed by atoms with van der Waals surface area (Å²) >= 11 is 0. The second-order valence-corrected chi connectivity index (χ2v) is 5.68. The summed E-state index contributed by atoms with van der Waals surface area (Å²) < 4.78 is 10.5. The highest BCUT2D eigenvalue weighted by Crippen LogP contribution is 2.17. The minimum atomic E-state index is -0.169. The standard InChI is InChI=1S/C17H25N3O3/c1-13(14-6-9-20(2)10-7-14)19-16(21)15-5-4-8-18-17(15)23-12-11-22-3/h4-6,8,13H,7,9-12H2,1-3H3,(H,19,21). The van der Waals surface area contributed by atoms with Crippen molar-refractivity contribution in [2.75, 3.05) is 40.5 Å². The summed E-state index contributed by atoms with van der Waals surface area (Å²) in [6, 6.07) is 3.46. The molecule has 0 radical (unpaired) electrons. The number of carbonyl (C=O) groups is 1. The molecule has 2 rings (SSSR count). The van der Waals surface area contributed by atoms with Gasteiger partial charge in [-0.2, -0.15) is 0 Å². The van der Waals surface area contributed by atoms with Gasteiger partial charge in [-0.1, -0.05) is 6.08 Å². The molecule has 6 heteroatoms. The highest BCUT2D eigenvalue weighted by molar-refractivity contribution is 5.96. The molecule has 0 saturated carbocycles. The maximum atomic E-state index is 12.5. The van der Waals surface area contributed by atoms with Crippen molar-refractivity contribution in [2.24, 2.45) is 0 Å². The Labute approximate surface area is 137 Å². The lowest BCUT2D eigenvalue weighted by atomic mass is 10.0. The first-order valence-electron chi connectivity index (χ1n) is 7.87. The van der Waals surface area contributed by atoms with Crippen molar-refractivity contribution in [3.63, 3.8) is 0 Å². The Morgan fingerprint density at radius 1 is 1.48 bits per heavy atom. The van der Waals surface area contributed by atoms with Crippen molar-refractivity contribution < 1.29 is 14.3 Å². The fourth-order valence-electron chi connectivity index (χ4n) is 2.45. The predicted octanol–water partition coefficient (Wildman–Crippen LogP) is 1.49. The minimum Gasteiger partial charge on any atom is -0.475 e. The van der Waals surface area contributed by atoms with E-state index >= 15 is 0 Å². The van der Waals surface area contributed by atoms with Crippen molar-refractivity contribution >= 4 is 5.91 Å². The van der Waals surface area contributed by atoms with Crippen molar-refractivity contribution in [1.82, 2.24) is 15.2 Å². The molecule has 1 atom stereocenters. The Bertz CT molecular complexity index is 560. The molecule has 1 N–H and O–H groups in total. The van der Waals surface area contributed by atoms with Crippen LogP contribution >= 0.6 is 0 Å². The monoisotopic (exact) mass is 319 g/mol. The molecule has 0 spiro atoms. The van der Waals surface area contributed by atoms with Gasteiger partial charge in [0, 0.05) is 32.4 Å². The van der Waals surface area contributed by atoms with Crippen LogP contribution in [0.25, 0.3) is 0 Å². The molecule has 1 amide bonds. The number of carbonyl (C=O) groups excluding carboxylic acids is 1. The second kappa shape index (κ2) is 8.64. The number of nitrogens with one attached hydrogen (secondary N) is 1. The average Bonchev–Trinajstić information content (AvgIpc) is 2.56. The van der Waals surface area contributed by atoms with Gasteiger partial charge in [-0.3, -0.25) is 4.79 Å². The summed E-state index contributed by atoms with van der Waals surface area (Å²) in [5, 5.41) is 3.03. The summed E-state index contributed by atoms with van der Waals surface area (Å²) in [7, 11) is 3.70. The molecule has 1 aliphatic rings. The van der Waals surface area contributed by atoms with Crippen LogP contribution in [-0.4, -0.2) is 62.3 Å². The summed E-state index contributed by atoms with van der Waals surface area (Å²) in [5.74, 6) is 0.171. The lowest BCUT2D eigenvalue weighted by Gasteiger charge is -2.26. The van der Waals surface area contributed by atoms with E-state index in [9.17, 15) is 4.79 Å². The fourth-order valence-corrected chi connectivity index (χ4v) is 2.45. The van der Waals surface area contributed by atoms with Gasteiger partial charge in [0.2, 0.25) is 5.88 Å². The number of nitrogens with zero attached hydrogens (tertiary/aromatic N) is 2. The summed E-state index contributed by atoms with van der Waals surface area (Å²) in [5.41, 5.74) is 1.71. The van der Waals surface area contributed by atoms with E-state index in [4.69, 9.17) is 9.47 Å². The molecule has 23 heavy (non-hydrogen) atoms. The quantitative estimate of drug-likeness (QED) is 0.609. The molecule has 0 aromatic carbocycles. The second-order valence-electron chi connectivity index (χ2n) is 5.68. The van der Waals surface area contributed by atoms with E-state index in [1.165, 1.54) is 5.57 Å². The number of amides is 1. The molecule has 1 aromatic heterocycles. The Hall–Kier alpha value is -1.92. The molecule has 0 saturated heterocycles. The molecule has 1 aliphatic heterocycles. The van der Waals surface area contributed by atoms with Gasteiger partial charge >= 0.3 is 0 Å². The van der Waals surface area contributed by atoms with Crippen molar-refractivity contribution in [3.05, 3.63) is 35.5 Å². The molecule has 1 unspecified atom stereocenters. The first-order valence-corrected chi connectivity index (χ1v) is 7.87. The fraction of sp³-hybridized carbons (Fsp3) is 0.529. The maximum Gasteiger partial charge on any atom is 0.257 e. The van der Waals surface area contributed by atoms with Gasteiger partial charge in [-0.25, -0.2) is 4.98 Å². The van der Waals surface area contributed by atoms with Crippen LogP contribution in [0, 0.1) is 0 Å². The van der Waals surface area contributed by atoms with E-state index in [2.05, 4.69) is 28.3 Å². The highest BCUT2D eigenvalue weighted by atomic mass is 16.5. The van der Waals surface area contributed by atoms with E-state index in [1.807, 2.05) is 6.92 Å². The first kappa shape index (κ1) is 17.4. The smallest absolute Gasteiger partial charge is 0.257 e. The number of hydrogen-bond donors (Lipinski definition) is 1. The number of pyridine rings is 1. The zero-order valence-electron chi connectivity index (χ0n) is 14.0. The normalized spacial score (nSPS) is 16.6. The largest absolute Gasteiger partial charge is 0.475 e. The number of aromatic nitrogens is 1. The molecule has 1 aromatic rings. The summed E-state index contributed by atoms with van der Waals surface area (Å²) in [6.45, 7) is 4.77. The van der Waals surface area contributed by atoms with E-state index in [-0.39, 0.29) is 11.9 Å². The van der Waals surface area contributed by atoms with Crippen LogP contribution in [0.1, 0.15) is 23.7 Å². The van der Waals surface area contributed by atoms with Crippen LogP contribution in [0.2, 0.25) is 0 Å². The topological polar surface area (TPSA) is 63.7 Å². The number of methoxy groups -OCH3 is 1. The molecule has 2 heterocycles. The Kier molecular flexibility index (Phi) is 6.55. The molecule has 0 fully saturated rings. The van der Waals surface area contributed by atoms with Gasteiger partial charge in [-0.15, -0.1) is 0 Å². The van der Waals surface area contributed by atoms with Crippen LogP contribution < -0.4 is 10.1 Å². The zero-order chi connectivity index (χ0) is 16.7. The average molecular weight is 319 g/mol. The highest BCUT2D eigenvalue weighted by Gasteiger charge is 2.19. The van der Waals surface area contributed by atoms with Crippen LogP contribution in [0.15, 0.2) is 30.0 Å². The van der Waals surface area contributed by atoms with E-state index < -0.39 is 0 Å². The van der Waals surface area contributed by atoms with Gasteiger partial charge in [0.25, 0.3) is 5.91 Å². The Morgan fingerprint density at radius 3 is 3.00 bits per heavy atom. The SMILES string of the molecule is COCCOc1ncccc1C(=O)NC(C)C1=CCN(C)CC1. The lowest BCUT2D eigenvalue weighted by Crippen LogP contribution is -2.37. The number of likely N-dealkylation sites (N-methyl/N-ethyl adjacent to an activating group) is 1. The van der Waals surface area contributed by atoms with E-state index in [0.29, 0.717) is 24.7 Å². The van der Waals surface area contributed by atoms with Crippen molar-refractivity contribution in [2.45, 2.75) is 19.4 Å². The van der Waals surface area contributed by atoms with E-state index in [0.717, 1.165) is 19.5 Å². The Balaban J connectivity index is 2.00. The lowest BCUT2D eigenvalue weighted by molar-refractivity contribution is 0.0934. The zero-order valence-corrected chi connectivity index (χ0v) is 14.0. The van der Waals surface area contributed by atoms with Gasteiger partial charge < -0.3 is 19.7 Å². The van der Waals surface area contributed by atoms with E-state index in [1.54, 1.807) is 25.4 Å². The van der Waals surface area contributed by atoms with Gasteiger partial charge in [0.15, 0.2) is 0 Å². The third-order valence-electron chi connectivity index (χ3n) is 3.89. The molecule has 0 bridgehead atoms. The molecule has 0 aliphatic carbocycles. The number of rotatable bonds is 7. The van der Waals surface area contributed by atoms with Crippen LogP contribution in [0.5, 0.6) is 5.88 Å². The minimum absolute atomic E-state index is 0.00299. The van der Waals surface area contributed by atoms with Crippen LogP contribution in [0.4, 0.5) is 0 Å². The molecular formula is C17H25N3O3. The first-order chi connectivity index (χ1) is 11.1. The third-order valence-corrected chi connectivity index (χ3v) is 3.89.